The Morgan fingerprint density at radius 3 is 2.17 bits per heavy atom. The zero-order valence-corrected chi connectivity index (χ0v) is 16.2. The first kappa shape index (κ1) is 19.0. The highest BCUT2D eigenvalue weighted by Crippen LogP contribution is 2.32. The van der Waals surface area contributed by atoms with Gasteiger partial charge in [0.1, 0.15) is 5.82 Å². The van der Waals surface area contributed by atoms with E-state index in [-0.39, 0.29) is 17.5 Å². The molecule has 1 amide bonds. The number of aromatic nitrogens is 2. The number of H-pyrrole nitrogens is 1. The number of hydrogen-bond donors (Lipinski definition) is 2. The molecule has 0 saturated heterocycles. The molecule has 0 aliphatic carbocycles. The molecule has 4 nitrogen and oxygen atoms in total. The lowest BCUT2D eigenvalue weighted by Crippen LogP contribution is -2.14. The monoisotopic (exact) mass is 403 g/mol. The molecule has 0 atom stereocenters. The first-order valence-corrected chi connectivity index (χ1v) is 10.1. The summed E-state index contributed by atoms with van der Waals surface area (Å²) in [4.78, 5) is 20.3. The fourth-order valence-electron chi connectivity index (χ4n) is 2.90. The Hall–Kier alpha value is -3.38. The lowest BCUT2D eigenvalue weighted by atomic mass is 10.1. The van der Waals surface area contributed by atoms with E-state index in [4.69, 9.17) is 4.98 Å². The van der Waals surface area contributed by atoms with Gasteiger partial charge in [0, 0.05) is 16.8 Å². The van der Waals surface area contributed by atoms with Crippen LogP contribution in [0.5, 0.6) is 0 Å². The number of rotatable bonds is 6. The van der Waals surface area contributed by atoms with E-state index in [9.17, 15) is 9.18 Å². The molecule has 2 N–H and O–H groups in total. The van der Waals surface area contributed by atoms with E-state index in [1.165, 1.54) is 36.0 Å². The molecule has 0 fully saturated rings. The van der Waals surface area contributed by atoms with Gasteiger partial charge >= 0.3 is 0 Å². The highest BCUT2D eigenvalue weighted by Gasteiger charge is 2.15. The van der Waals surface area contributed by atoms with Gasteiger partial charge in [0.2, 0.25) is 5.91 Å². The molecule has 0 unspecified atom stereocenters. The summed E-state index contributed by atoms with van der Waals surface area (Å²) in [5.74, 6) is -0.330. The van der Waals surface area contributed by atoms with Crippen molar-refractivity contribution in [3.8, 4) is 22.5 Å². The quantitative estimate of drug-likeness (QED) is 0.411. The molecular formula is C23H18FN3OS. The van der Waals surface area contributed by atoms with Crippen LogP contribution in [0.25, 0.3) is 22.5 Å². The van der Waals surface area contributed by atoms with E-state index in [0.29, 0.717) is 10.8 Å². The molecule has 1 aromatic heterocycles. The van der Waals surface area contributed by atoms with Gasteiger partial charge in [-0.25, -0.2) is 9.37 Å². The van der Waals surface area contributed by atoms with Gasteiger partial charge in [0.25, 0.3) is 0 Å². The molecule has 29 heavy (non-hydrogen) atoms. The van der Waals surface area contributed by atoms with E-state index >= 15 is 0 Å². The van der Waals surface area contributed by atoms with E-state index in [1.807, 2.05) is 60.7 Å². The Kier molecular flexibility index (Phi) is 5.72. The highest BCUT2D eigenvalue weighted by molar-refractivity contribution is 7.99. The molecule has 0 saturated carbocycles. The highest BCUT2D eigenvalue weighted by atomic mass is 32.2. The van der Waals surface area contributed by atoms with Gasteiger partial charge in [-0.3, -0.25) is 4.79 Å². The summed E-state index contributed by atoms with van der Waals surface area (Å²) in [5, 5.41) is 3.42. The van der Waals surface area contributed by atoms with Crippen LogP contribution < -0.4 is 5.32 Å². The van der Waals surface area contributed by atoms with Gasteiger partial charge in [0.15, 0.2) is 5.16 Å². The first-order valence-electron chi connectivity index (χ1n) is 9.08. The standard InChI is InChI=1S/C23H18FN3OS/c24-18-11-13-19(14-12-18)25-20(28)15-29-23-26-21(16-7-3-1-4-8-16)22(27-23)17-9-5-2-6-10-17/h1-14H,15H2,(H,25,28)(H,26,27). The summed E-state index contributed by atoms with van der Waals surface area (Å²) >= 11 is 1.32. The number of carbonyl (C=O) groups excluding carboxylic acids is 1. The first-order chi connectivity index (χ1) is 14.2. The van der Waals surface area contributed by atoms with Crippen molar-refractivity contribution in [1.29, 1.82) is 0 Å². The predicted molar refractivity (Wildman–Crippen MR) is 115 cm³/mol. The average molecular weight is 403 g/mol. The third-order valence-corrected chi connectivity index (χ3v) is 5.13. The maximum atomic E-state index is 13.0. The van der Waals surface area contributed by atoms with Gasteiger partial charge in [-0.1, -0.05) is 72.4 Å². The number of benzene rings is 3. The van der Waals surface area contributed by atoms with Gasteiger partial charge in [-0.15, -0.1) is 0 Å². The topological polar surface area (TPSA) is 57.8 Å². The minimum absolute atomic E-state index is 0.180. The van der Waals surface area contributed by atoms with Crippen LogP contribution in [0.3, 0.4) is 0 Å². The van der Waals surface area contributed by atoms with Crippen molar-refractivity contribution in [2.24, 2.45) is 0 Å². The van der Waals surface area contributed by atoms with Crippen LogP contribution in [0, 0.1) is 5.82 Å². The number of anilines is 1. The Labute approximate surface area is 172 Å². The van der Waals surface area contributed by atoms with Crippen molar-refractivity contribution in [2.75, 3.05) is 11.1 Å². The molecule has 0 aliphatic rings. The second-order valence-corrected chi connectivity index (χ2v) is 7.31. The minimum atomic E-state index is -0.338. The van der Waals surface area contributed by atoms with Gasteiger partial charge in [0.05, 0.1) is 17.1 Å². The number of hydrogen-bond acceptors (Lipinski definition) is 3. The van der Waals surface area contributed by atoms with Crippen LogP contribution in [0.1, 0.15) is 0 Å². The summed E-state index contributed by atoms with van der Waals surface area (Å²) in [6.07, 6.45) is 0. The van der Waals surface area contributed by atoms with E-state index < -0.39 is 0 Å². The smallest absolute Gasteiger partial charge is 0.234 e. The molecule has 4 aromatic rings. The normalized spacial score (nSPS) is 10.7. The number of aromatic amines is 1. The average Bonchev–Trinajstić information content (AvgIpc) is 3.20. The van der Waals surface area contributed by atoms with E-state index in [2.05, 4.69) is 10.3 Å². The van der Waals surface area contributed by atoms with Crippen LogP contribution >= 0.6 is 11.8 Å². The number of halogens is 1. The summed E-state index contributed by atoms with van der Waals surface area (Å²) in [7, 11) is 0. The molecule has 0 radical (unpaired) electrons. The lowest BCUT2D eigenvalue weighted by molar-refractivity contribution is -0.113. The summed E-state index contributed by atoms with van der Waals surface area (Å²) in [6.45, 7) is 0. The Balaban J connectivity index is 1.53. The van der Waals surface area contributed by atoms with Crippen LogP contribution in [-0.4, -0.2) is 21.6 Å². The van der Waals surface area contributed by atoms with Crippen molar-refractivity contribution in [3.05, 3.63) is 90.7 Å². The molecule has 6 heteroatoms. The van der Waals surface area contributed by atoms with Crippen molar-refractivity contribution in [3.63, 3.8) is 0 Å². The van der Waals surface area contributed by atoms with Gasteiger partial charge < -0.3 is 10.3 Å². The second kappa shape index (κ2) is 8.75. The number of imidazole rings is 1. The van der Waals surface area contributed by atoms with Crippen LogP contribution in [0.2, 0.25) is 0 Å². The second-order valence-electron chi connectivity index (χ2n) is 6.34. The molecule has 0 bridgehead atoms. The van der Waals surface area contributed by atoms with Gasteiger partial charge in [-0.2, -0.15) is 0 Å². The van der Waals surface area contributed by atoms with Crippen LogP contribution in [0.4, 0.5) is 10.1 Å². The maximum absolute atomic E-state index is 13.0. The van der Waals surface area contributed by atoms with Crippen molar-refractivity contribution in [1.82, 2.24) is 9.97 Å². The fraction of sp³-hybridized carbons (Fsp3) is 0.0435. The molecule has 1 heterocycles. The molecule has 4 rings (SSSR count). The summed E-state index contributed by atoms with van der Waals surface area (Å²) in [6, 6.07) is 25.6. The van der Waals surface area contributed by atoms with E-state index in [1.54, 1.807) is 0 Å². The Morgan fingerprint density at radius 1 is 0.897 bits per heavy atom. The van der Waals surface area contributed by atoms with Crippen LogP contribution in [0.15, 0.2) is 90.1 Å². The van der Waals surface area contributed by atoms with Crippen molar-refractivity contribution >= 4 is 23.4 Å². The number of amides is 1. The fourth-order valence-corrected chi connectivity index (χ4v) is 3.57. The lowest BCUT2D eigenvalue weighted by Gasteiger charge is -2.03. The number of nitrogens with zero attached hydrogens (tertiary/aromatic N) is 1. The summed E-state index contributed by atoms with van der Waals surface area (Å²) < 4.78 is 13.0. The Bertz CT molecular complexity index is 1040. The number of nitrogens with one attached hydrogen (secondary N) is 2. The van der Waals surface area contributed by atoms with E-state index in [0.717, 1.165) is 22.5 Å². The molecule has 144 valence electrons. The third-order valence-electron chi connectivity index (χ3n) is 4.26. The van der Waals surface area contributed by atoms with Crippen molar-refractivity contribution < 1.29 is 9.18 Å². The number of thioether (sulfide) groups is 1. The summed E-state index contributed by atoms with van der Waals surface area (Å²) in [5.41, 5.74) is 4.36. The minimum Gasteiger partial charge on any atom is -0.332 e. The van der Waals surface area contributed by atoms with Gasteiger partial charge in [-0.05, 0) is 24.3 Å². The molecule has 0 spiro atoms. The largest absolute Gasteiger partial charge is 0.332 e. The number of carbonyl (C=O) groups is 1. The Morgan fingerprint density at radius 2 is 1.52 bits per heavy atom. The zero-order valence-electron chi connectivity index (χ0n) is 15.4. The maximum Gasteiger partial charge on any atom is 0.234 e. The molecule has 3 aromatic carbocycles. The molecular weight excluding hydrogens is 385 g/mol. The molecule has 0 aliphatic heterocycles. The zero-order chi connectivity index (χ0) is 20.1. The van der Waals surface area contributed by atoms with Crippen LogP contribution in [-0.2, 0) is 4.79 Å². The third kappa shape index (κ3) is 4.73. The van der Waals surface area contributed by atoms with Crippen molar-refractivity contribution in [2.45, 2.75) is 5.16 Å². The SMILES string of the molecule is O=C(CSc1nc(-c2ccccc2)c(-c2ccccc2)[nH]1)Nc1ccc(F)cc1. The predicted octanol–water partition coefficient (Wildman–Crippen LogP) is 5.61.